The zero-order valence-corrected chi connectivity index (χ0v) is 19.5. The van der Waals surface area contributed by atoms with E-state index in [4.69, 9.17) is 9.84 Å². The molecule has 0 aromatic heterocycles. The van der Waals surface area contributed by atoms with Gasteiger partial charge < -0.3 is 14.9 Å². The van der Waals surface area contributed by atoms with Gasteiger partial charge >= 0.3 is 6.16 Å². The molecule has 0 aliphatic heterocycles. The van der Waals surface area contributed by atoms with E-state index in [2.05, 4.69) is 13.8 Å². The van der Waals surface area contributed by atoms with Crippen molar-refractivity contribution in [3.05, 3.63) is 11.6 Å². The molecule has 0 bridgehead atoms. The number of fused-ring (bicyclic) bond motifs is 5. The Labute approximate surface area is 188 Å². The lowest BCUT2D eigenvalue weighted by molar-refractivity contribution is -0.135. The number of hydrogen-bond donors (Lipinski definition) is 2. The van der Waals surface area contributed by atoms with Gasteiger partial charge in [-0.3, -0.25) is 9.59 Å². The first-order valence-corrected chi connectivity index (χ1v) is 12.4. The molecule has 0 radical (unpaired) electrons. The van der Waals surface area contributed by atoms with Crippen LogP contribution in [0.1, 0.15) is 72.1 Å². The summed E-state index contributed by atoms with van der Waals surface area (Å²) >= 11 is 1.41. The molecular formula is C24H34O6S. The van der Waals surface area contributed by atoms with E-state index in [1.807, 2.05) is 6.08 Å². The van der Waals surface area contributed by atoms with Crippen molar-refractivity contribution in [2.75, 3.05) is 6.61 Å². The summed E-state index contributed by atoms with van der Waals surface area (Å²) in [7, 11) is 0. The van der Waals surface area contributed by atoms with E-state index < -0.39 is 11.8 Å². The molecule has 0 amide bonds. The van der Waals surface area contributed by atoms with Gasteiger partial charge in [-0.15, -0.1) is 0 Å². The second kappa shape index (κ2) is 7.91. The average Bonchev–Trinajstić information content (AvgIpc) is 2.94. The lowest BCUT2D eigenvalue weighted by Crippen LogP contribution is -2.58. The third-order valence-corrected chi connectivity index (χ3v) is 10.5. The molecule has 4 aliphatic carbocycles. The van der Waals surface area contributed by atoms with Gasteiger partial charge in [0, 0.05) is 25.0 Å². The fourth-order valence-corrected chi connectivity index (χ4v) is 8.89. The largest absolute Gasteiger partial charge is 0.505 e. The summed E-state index contributed by atoms with van der Waals surface area (Å²) in [5.74, 6) is 1.17. The lowest BCUT2D eigenvalue weighted by atomic mass is 9.46. The van der Waals surface area contributed by atoms with Crippen LogP contribution in [-0.2, 0) is 14.3 Å². The number of allylic oxidation sites excluding steroid dienone is 1. The van der Waals surface area contributed by atoms with E-state index in [1.165, 1.54) is 17.3 Å². The molecule has 172 valence electrons. The molecule has 0 spiro atoms. The van der Waals surface area contributed by atoms with Crippen LogP contribution in [0, 0.1) is 28.6 Å². The zero-order valence-electron chi connectivity index (χ0n) is 18.7. The Kier molecular flexibility index (Phi) is 5.83. The van der Waals surface area contributed by atoms with Gasteiger partial charge in [0.05, 0.1) is 12.2 Å². The number of hydrogen-bond acceptors (Lipinski definition) is 6. The Morgan fingerprint density at radius 1 is 1.19 bits per heavy atom. The maximum atomic E-state index is 12.2. The van der Waals surface area contributed by atoms with E-state index in [9.17, 15) is 19.5 Å². The second-order valence-electron chi connectivity index (χ2n) is 10.6. The van der Waals surface area contributed by atoms with Gasteiger partial charge in [0.1, 0.15) is 0 Å². The van der Waals surface area contributed by atoms with E-state index >= 15 is 0 Å². The summed E-state index contributed by atoms with van der Waals surface area (Å²) in [6.07, 6.45) is 6.42. The standard InChI is InChI=1S/C24H34O6S/c1-14(25)31-19-13-15-12-16(26)4-7-22(15,2)17-5-8-23(3)18(20(17)19)6-9-24(23,29)10-11-30-21(27)28/h12,17-20,29H,4-11,13H2,1-3H3,(H,27,28)/t17-,18-,19+,20+,22-,23-,24-/m0/s1. The van der Waals surface area contributed by atoms with Crippen molar-refractivity contribution in [3.63, 3.8) is 0 Å². The van der Waals surface area contributed by atoms with Gasteiger partial charge in [-0.25, -0.2) is 4.79 Å². The Morgan fingerprint density at radius 2 is 1.90 bits per heavy atom. The van der Waals surface area contributed by atoms with Crippen LogP contribution in [-0.4, -0.2) is 44.7 Å². The number of aliphatic hydroxyl groups is 1. The highest BCUT2D eigenvalue weighted by molar-refractivity contribution is 8.14. The van der Waals surface area contributed by atoms with Crippen LogP contribution in [0.15, 0.2) is 11.6 Å². The fourth-order valence-electron chi connectivity index (χ4n) is 7.66. The molecule has 7 atom stereocenters. The van der Waals surface area contributed by atoms with Gasteiger partial charge in [0.25, 0.3) is 0 Å². The van der Waals surface area contributed by atoms with Crippen molar-refractivity contribution in [1.82, 2.24) is 0 Å². The third kappa shape index (κ3) is 3.65. The Balaban J connectivity index is 1.67. The predicted molar refractivity (Wildman–Crippen MR) is 118 cm³/mol. The Morgan fingerprint density at radius 3 is 2.58 bits per heavy atom. The molecule has 3 saturated carbocycles. The van der Waals surface area contributed by atoms with Crippen molar-refractivity contribution in [2.45, 2.75) is 83.0 Å². The Hall–Kier alpha value is -1.34. The van der Waals surface area contributed by atoms with E-state index in [1.54, 1.807) is 6.92 Å². The smallest absolute Gasteiger partial charge is 0.450 e. The maximum Gasteiger partial charge on any atom is 0.505 e. The van der Waals surface area contributed by atoms with Crippen LogP contribution in [0.3, 0.4) is 0 Å². The molecule has 31 heavy (non-hydrogen) atoms. The second-order valence-corrected chi connectivity index (χ2v) is 12.0. The summed E-state index contributed by atoms with van der Waals surface area (Å²) in [5.41, 5.74) is -0.0760. The molecule has 3 fully saturated rings. The molecule has 0 saturated heterocycles. The number of ketones is 1. The number of carbonyl (C=O) groups excluding carboxylic acids is 2. The van der Waals surface area contributed by atoms with Gasteiger partial charge in [-0.2, -0.15) is 0 Å². The van der Waals surface area contributed by atoms with Gasteiger partial charge in [-0.1, -0.05) is 31.2 Å². The Bertz CT molecular complexity index is 823. The number of carbonyl (C=O) groups is 3. The highest BCUT2D eigenvalue weighted by atomic mass is 32.2. The molecule has 6 nitrogen and oxygen atoms in total. The molecular weight excluding hydrogens is 416 g/mol. The normalized spacial score (nSPS) is 44.0. The number of ether oxygens (including phenoxy) is 1. The maximum absolute atomic E-state index is 12.2. The van der Waals surface area contributed by atoms with Gasteiger partial charge in [0.15, 0.2) is 10.9 Å². The van der Waals surface area contributed by atoms with Crippen molar-refractivity contribution in [2.24, 2.45) is 28.6 Å². The molecule has 0 aromatic rings. The van der Waals surface area contributed by atoms with Crippen LogP contribution < -0.4 is 0 Å². The average molecular weight is 451 g/mol. The van der Waals surface area contributed by atoms with E-state index in [-0.39, 0.29) is 39.5 Å². The van der Waals surface area contributed by atoms with Crippen molar-refractivity contribution < 1.29 is 29.3 Å². The van der Waals surface area contributed by atoms with E-state index in [0.29, 0.717) is 31.1 Å². The molecule has 4 rings (SSSR count). The number of carboxylic acid groups (broad SMARTS) is 1. The summed E-state index contributed by atoms with van der Waals surface area (Å²) < 4.78 is 4.74. The molecule has 2 N–H and O–H groups in total. The van der Waals surface area contributed by atoms with Crippen LogP contribution in [0.2, 0.25) is 0 Å². The summed E-state index contributed by atoms with van der Waals surface area (Å²) in [6.45, 7) is 6.09. The first-order chi connectivity index (χ1) is 14.5. The van der Waals surface area contributed by atoms with Crippen molar-refractivity contribution in [1.29, 1.82) is 0 Å². The van der Waals surface area contributed by atoms with Crippen molar-refractivity contribution >= 4 is 28.8 Å². The molecule has 0 aromatic carbocycles. The monoisotopic (exact) mass is 450 g/mol. The minimum Gasteiger partial charge on any atom is -0.450 e. The minimum absolute atomic E-state index is 0.000571. The zero-order chi connectivity index (χ0) is 22.6. The van der Waals surface area contributed by atoms with E-state index in [0.717, 1.165) is 32.1 Å². The topological polar surface area (TPSA) is 101 Å². The SMILES string of the molecule is CC(=O)S[C@@H]1CC2=CC(=O)CC[C@]2(C)[C@H]2CC[C@@]3(C)[C@@H](CC[C@]3(O)CCOC(=O)O)[C@H]12. The van der Waals surface area contributed by atoms with Gasteiger partial charge in [0.2, 0.25) is 0 Å². The first-order valence-electron chi connectivity index (χ1n) is 11.5. The van der Waals surface area contributed by atoms with Crippen LogP contribution >= 0.6 is 11.8 Å². The lowest BCUT2D eigenvalue weighted by Gasteiger charge is -2.61. The molecule has 7 heteroatoms. The summed E-state index contributed by atoms with van der Waals surface area (Å²) in [6, 6.07) is 0. The quantitative estimate of drug-likeness (QED) is 0.604. The molecule has 4 aliphatic rings. The number of thioether (sulfide) groups is 1. The first kappa shape index (κ1) is 22.8. The predicted octanol–water partition coefficient (Wildman–Crippen LogP) is 4.59. The van der Waals surface area contributed by atoms with Crippen molar-refractivity contribution in [3.8, 4) is 0 Å². The highest BCUT2D eigenvalue weighted by Crippen LogP contribution is 2.69. The fraction of sp³-hybridized carbons (Fsp3) is 0.792. The van der Waals surface area contributed by atoms with Gasteiger partial charge in [-0.05, 0) is 73.2 Å². The third-order valence-electron chi connectivity index (χ3n) is 9.34. The minimum atomic E-state index is -1.31. The van der Waals surface area contributed by atoms with Crippen LogP contribution in [0.5, 0.6) is 0 Å². The van der Waals surface area contributed by atoms with Crippen LogP contribution in [0.25, 0.3) is 0 Å². The summed E-state index contributed by atoms with van der Waals surface area (Å²) in [5, 5.41) is 20.7. The highest BCUT2D eigenvalue weighted by Gasteiger charge is 2.65. The van der Waals surface area contributed by atoms with Crippen LogP contribution in [0.4, 0.5) is 4.79 Å². The molecule has 0 unspecified atom stereocenters. The summed E-state index contributed by atoms with van der Waals surface area (Å²) in [4.78, 5) is 35.1. The molecule has 0 heterocycles. The number of rotatable bonds is 4.